The van der Waals surface area contributed by atoms with Crippen LogP contribution in [0.3, 0.4) is 0 Å². The first-order valence-corrected chi connectivity index (χ1v) is 7.70. The van der Waals surface area contributed by atoms with Gasteiger partial charge in [-0.25, -0.2) is 4.98 Å². The van der Waals surface area contributed by atoms with Crippen molar-refractivity contribution in [3.63, 3.8) is 0 Å². The molecule has 0 aromatic carbocycles. The molecule has 0 aliphatic rings. The third-order valence-corrected chi connectivity index (χ3v) is 4.24. The summed E-state index contributed by atoms with van der Waals surface area (Å²) >= 11 is 1.74. The number of rotatable bonds is 4. The lowest BCUT2D eigenvalue weighted by Gasteiger charge is -2.15. The highest BCUT2D eigenvalue weighted by Crippen LogP contribution is 2.12. The smallest absolute Gasteiger partial charge is 0.258 e. The van der Waals surface area contributed by atoms with E-state index in [2.05, 4.69) is 27.4 Å². The van der Waals surface area contributed by atoms with Crippen LogP contribution in [0.2, 0.25) is 0 Å². The number of aromatic nitrogens is 2. The summed E-state index contributed by atoms with van der Waals surface area (Å²) < 4.78 is 1.60. The van der Waals surface area contributed by atoms with Crippen molar-refractivity contribution < 1.29 is 0 Å². The molecule has 3 aromatic heterocycles. The average Bonchev–Trinajstić information content (AvgIpc) is 2.93. The molecule has 0 unspecified atom stereocenters. The van der Waals surface area contributed by atoms with E-state index in [1.54, 1.807) is 28.0 Å². The lowest BCUT2D eigenvalue weighted by atomic mass is 10.3. The molecule has 5 heteroatoms. The quantitative estimate of drug-likeness (QED) is 0.743. The van der Waals surface area contributed by atoms with Gasteiger partial charge in [-0.15, -0.1) is 11.3 Å². The molecule has 0 N–H and O–H groups in total. The number of nitrogens with zero attached hydrogens (tertiary/aromatic N) is 3. The van der Waals surface area contributed by atoms with Crippen LogP contribution in [-0.4, -0.2) is 21.3 Å². The highest BCUT2D eigenvalue weighted by atomic mass is 32.1. The molecule has 0 aliphatic carbocycles. The molecule has 108 valence electrons. The Morgan fingerprint density at radius 1 is 1.29 bits per heavy atom. The van der Waals surface area contributed by atoms with E-state index in [1.807, 2.05) is 26.1 Å². The first-order chi connectivity index (χ1) is 10.1. The van der Waals surface area contributed by atoms with Crippen molar-refractivity contribution >= 4 is 17.0 Å². The molecule has 0 atom stereocenters. The molecule has 0 aliphatic heterocycles. The van der Waals surface area contributed by atoms with E-state index < -0.39 is 0 Å². The lowest BCUT2D eigenvalue weighted by molar-refractivity contribution is 0.318. The summed E-state index contributed by atoms with van der Waals surface area (Å²) in [6.07, 6.45) is 1.76. The summed E-state index contributed by atoms with van der Waals surface area (Å²) in [4.78, 5) is 20.3. The number of fused-ring (bicyclic) bond motifs is 1. The highest BCUT2D eigenvalue weighted by molar-refractivity contribution is 7.09. The van der Waals surface area contributed by atoms with Crippen LogP contribution in [0.1, 0.15) is 16.1 Å². The summed E-state index contributed by atoms with van der Waals surface area (Å²) in [6.45, 7) is 3.51. The standard InChI is InChI=1S/C16H17N3OS/c1-12-5-3-7-19-15(20)9-13(17-16(12)19)10-18(2)11-14-6-4-8-21-14/h3-9H,10-11H2,1-2H3. The van der Waals surface area contributed by atoms with E-state index in [9.17, 15) is 4.79 Å². The zero-order valence-electron chi connectivity index (χ0n) is 12.1. The van der Waals surface area contributed by atoms with Crippen LogP contribution in [0.4, 0.5) is 0 Å². The van der Waals surface area contributed by atoms with Crippen molar-refractivity contribution in [3.05, 3.63) is 68.4 Å². The molecule has 0 amide bonds. The Hall–Kier alpha value is -1.98. The van der Waals surface area contributed by atoms with Crippen LogP contribution >= 0.6 is 11.3 Å². The number of hydrogen-bond acceptors (Lipinski definition) is 4. The van der Waals surface area contributed by atoms with Gasteiger partial charge in [-0.2, -0.15) is 0 Å². The van der Waals surface area contributed by atoms with E-state index in [-0.39, 0.29) is 5.56 Å². The Morgan fingerprint density at radius 3 is 2.90 bits per heavy atom. The van der Waals surface area contributed by atoms with Gasteiger partial charge in [-0.3, -0.25) is 14.1 Å². The molecular formula is C16H17N3OS. The fourth-order valence-electron chi connectivity index (χ4n) is 2.39. The van der Waals surface area contributed by atoms with Gasteiger partial charge in [0.05, 0.1) is 5.69 Å². The van der Waals surface area contributed by atoms with Gasteiger partial charge < -0.3 is 0 Å². The van der Waals surface area contributed by atoms with Gasteiger partial charge in [0, 0.05) is 30.2 Å². The highest BCUT2D eigenvalue weighted by Gasteiger charge is 2.07. The molecular weight excluding hydrogens is 282 g/mol. The zero-order chi connectivity index (χ0) is 14.8. The van der Waals surface area contributed by atoms with Crippen LogP contribution in [0.5, 0.6) is 0 Å². The predicted octanol–water partition coefficient (Wildman–Crippen LogP) is 2.70. The summed E-state index contributed by atoms with van der Waals surface area (Å²) in [7, 11) is 2.04. The molecule has 0 fully saturated rings. The Morgan fingerprint density at radius 2 is 2.14 bits per heavy atom. The maximum absolute atomic E-state index is 12.2. The number of pyridine rings is 1. The van der Waals surface area contributed by atoms with Gasteiger partial charge in [0.1, 0.15) is 5.65 Å². The second-order valence-electron chi connectivity index (χ2n) is 5.22. The maximum Gasteiger partial charge on any atom is 0.258 e. The maximum atomic E-state index is 12.2. The van der Waals surface area contributed by atoms with Crippen LogP contribution in [0.15, 0.2) is 46.7 Å². The minimum atomic E-state index is -0.0248. The molecule has 0 spiro atoms. The third kappa shape index (κ3) is 3.04. The Balaban J connectivity index is 1.87. The van der Waals surface area contributed by atoms with Crippen molar-refractivity contribution in [1.29, 1.82) is 0 Å². The second kappa shape index (κ2) is 5.79. The van der Waals surface area contributed by atoms with Crippen molar-refractivity contribution in [2.24, 2.45) is 0 Å². The molecule has 3 heterocycles. The van der Waals surface area contributed by atoms with Crippen molar-refractivity contribution in [2.45, 2.75) is 20.0 Å². The van der Waals surface area contributed by atoms with E-state index in [0.29, 0.717) is 6.54 Å². The van der Waals surface area contributed by atoms with Crippen molar-refractivity contribution in [2.75, 3.05) is 7.05 Å². The number of hydrogen-bond donors (Lipinski definition) is 0. The van der Waals surface area contributed by atoms with Gasteiger partial charge in [0.15, 0.2) is 0 Å². The molecule has 0 saturated carbocycles. The zero-order valence-corrected chi connectivity index (χ0v) is 12.9. The SMILES string of the molecule is Cc1cccn2c(=O)cc(CN(C)Cc3cccs3)nc12. The average molecular weight is 299 g/mol. The largest absolute Gasteiger partial charge is 0.295 e. The lowest BCUT2D eigenvalue weighted by Crippen LogP contribution is -2.21. The van der Waals surface area contributed by atoms with Crippen LogP contribution in [-0.2, 0) is 13.1 Å². The topological polar surface area (TPSA) is 37.6 Å². The predicted molar refractivity (Wildman–Crippen MR) is 85.7 cm³/mol. The first kappa shape index (κ1) is 14.0. The molecule has 21 heavy (non-hydrogen) atoms. The molecule has 0 saturated heterocycles. The van der Waals surface area contributed by atoms with Gasteiger partial charge in [-0.1, -0.05) is 12.1 Å². The Bertz CT molecular complexity index is 808. The molecule has 0 radical (unpaired) electrons. The van der Waals surface area contributed by atoms with E-state index in [0.717, 1.165) is 23.4 Å². The normalized spacial score (nSPS) is 11.4. The molecule has 3 aromatic rings. The minimum Gasteiger partial charge on any atom is -0.295 e. The Labute approximate surface area is 127 Å². The summed E-state index contributed by atoms with van der Waals surface area (Å²) in [5, 5.41) is 2.08. The van der Waals surface area contributed by atoms with Gasteiger partial charge in [0.25, 0.3) is 5.56 Å². The van der Waals surface area contributed by atoms with Crippen LogP contribution < -0.4 is 5.56 Å². The fraction of sp³-hybridized carbons (Fsp3) is 0.250. The monoisotopic (exact) mass is 299 g/mol. The van der Waals surface area contributed by atoms with E-state index >= 15 is 0 Å². The first-order valence-electron chi connectivity index (χ1n) is 6.82. The molecule has 0 bridgehead atoms. The van der Waals surface area contributed by atoms with Gasteiger partial charge in [-0.05, 0) is 37.0 Å². The third-order valence-electron chi connectivity index (χ3n) is 3.38. The fourth-order valence-corrected chi connectivity index (χ4v) is 3.17. The minimum absolute atomic E-state index is 0.0248. The summed E-state index contributed by atoms with van der Waals surface area (Å²) in [5.41, 5.74) is 2.54. The van der Waals surface area contributed by atoms with Crippen LogP contribution in [0.25, 0.3) is 5.65 Å². The van der Waals surface area contributed by atoms with Crippen LogP contribution in [0, 0.1) is 6.92 Å². The Kier molecular flexibility index (Phi) is 3.86. The van der Waals surface area contributed by atoms with Crippen molar-refractivity contribution in [1.82, 2.24) is 14.3 Å². The van der Waals surface area contributed by atoms with Gasteiger partial charge >= 0.3 is 0 Å². The number of aryl methyl sites for hydroxylation is 1. The number of thiophene rings is 1. The van der Waals surface area contributed by atoms with Crippen molar-refractivity contribution in [3.8, 4) is 0 Å². The van der Waals surface area contributed by atoms with Gasteiger partial charge in [0.2, 0.25) is 0 Å². The second-order valence-corrected chi connectivity index (χ2v) is 6.25. The van der Waals surface area contributed by atoms with E-state index in [1.165, 1.54) is 4.88 Å². The summed E-state index contributed by atoms with van der Waals surface area (Å²) in [6, 6.07) is 9.64. The molecule has 3 rings (SSSR count). The van der Waals surface area contributed by atoms with E-state index in [4.69, 9.17) is 0 Å². The summed E-state index contributed by atoms with van der Waals surface area (Å²) in [5.74, 6) is 0. The molecule has 4 nitrogen and oxygen atoms in total.